The molecule has 4 nitrogen and oxygen atoms in total. The summed E-state index contributed by atoms with van der Waals surface area (Å²) in [5.41, 5.74) is 2.13. The van der Waals surface area contributed by atoms with Crippen molar-refractivity contribution in [2.45, 2.75) is 78.1 Å². The minimum Gasteiger partial charge on any atom is -0.494 e. The van der Waals surface area contributed by atoms with Crippen molar-refractivity contribution in [2.75, 3.05) is 13.2 Å². The van der Waals surface area contributed by atoms with E-state index in [1.807, 2.05) is 36.4 Å². The summed E-state index contributed by atoms with van der Waals surface area (Å²) in [5, 5.41) is 10.6. The van der Waals surface area contributed by atoms with Crippen LogP contribution in [0.1, 0.15) is 78.1 Å². The lowest BCUT2D eigenvalue weighted by atomic mass is 10.1. The number of aromatic nitrogens is 2. The second-order valence-corrected chi connectivity index (χ2v) is 9.46. The van der Waals surface area contributed by atoms with Crippen molar-refractivity contribution in [2.24, 2.45) is 0 Å². The van der Waals surface area contributed by atoms with Crippen LogP contribution in [0.15, 0.2) is 48.5 Å². The van der Waals surface area contributed by atoms with Gasteiger partial charge in [0.1, 0.15) is 21.5 Å². The number of hydrogen-bond acceptors (Lipinski definition) is 5. The molecule has 0 atom stereocenters. The van der Waals surface area contributed by atoms with E-state index in [9.17, 15) is 0 Å². The number of unbranched alkanes of at least 4 members (excludes halogenated alkanes) is 8. The van der Waals surface area contributed by atoms with Gasteiger partial charge in [-0.25, -0.2) is 0 Å². The monoisotopic (exact) mass is 466 g/mol. The van der Waals surface area contributed by atoms with Crippen molar-refractivity contribution >= 4 is 11.3 Å². The van der Waals surface area contributed by atoms with Crippen LogP contribution in [-0.2, 0) is 0 Å². The number of hydrogen-bond donors (Lipinski definition) is 0. The molecule has 0 aliphatic heterocycles. The van der Waals surface area contributed by atoms with Crippen LogP contribution in [0.2, 0.25) is 0 Å². The Kier molecular flexibility index (Phi) is 11.2. The van der Waals surface area contributed by atoms with Gasteiger partial charge in [-0.15, -0.1) is 10.2 Å². The summed E-state index contributed by atoms with van der Waals surface area (Å²) in [7, 11) is 0. The third-order valence-electron chi connectivity index (χ3n) is 5.66. The molecule has 0 saturated heterocycles. The van der Waals surface area contributed by atoms with Gasteiger partial charge in [0.25, 0.3) is 0 Å². The fourth-order valence-corrected chi connectivity index (χ4v) is 4.46. The standard InChI is InChI=1S/C28H38N2O2S/c1-3-5-7-8-9-10-11-12-22-32-26-19-15-24(16-20-26)28-30-29-27(33-28)23-13-17-25(18-14-23)31-21-6-4-2/h13-20H,3-12,21-22H2,1-2H3. The summed E-state index contributed by atoms with van der Waals surface area (Å²) < 4.78 is 11.7. The molecule has 1 heterocycles. The zero-order chi connectivity index (χ0) is 23.1. The van der Waals surface area contributed by atoms with Gasteiger partial charge in [0.05, 0.1) is 13.2 Å². The van der Waals surface area contributed by atoms with Crippen molar-refractivity contribution in [3.05, 3.63) is 48.5 Å². The van der Waals surface area contributed by atoms with Gasteiger partial charge in [-0.05, 0) is 61.4 Å². The average Bonchev–Trinajstić information content (AvgIpc) is 3.34. The summed E-state index contributed by atoms with van der Waals surface area (Å²) in [4.78, 5) is 0. The van der Waals surface area contributed by atoms with E-state index in [2.05, 4.69) is 36.2 Å². The lowest BCUT2D eigenvalue weighted by molar-refractivity contribution is 0.304. The van der Waals surface area contributed by atoms with Gasteiger partial charge in [0.2, 0.25) is 0 Å². The van der Waals surface area contributed by atoms with Crippen molar-refractivity contribution in [1.82, 2.24) is 10.2 Å². The smallest absolute Gasteiger partial charge is 0.148 e. The second kappa shape index (κ2) is 14.7. The summed E-state index contributed by atoms with van der Waals surface area (Å²) in [6, 6.07) is 16.3. The predicted molar refractivity (Wildman–Crippen MR) is 139 cm³/mol. The quantitative estimate of drug-likeness (QED) is 0.198. The molecule has 0 aliphatic rings. The fourth-order valence-electron chi connectivity index (χ4n) is 3.60. The van der Waals surface area contributed by atoms with Crippen LogP contribution < -0.4 is 9.47 Å². The van der Waals surface area contributed by atoms with Crippen LogP contribution in [0, 0.1) is 0 Å². The highest BCUT2D eigenvalue weighted by Crippen LogP contribution is 2.31. The lowest BCUT2D eigenvalue weighted by Gasteiger charge is -2.06. The minimum atomic E-state index is 0.762. The summed E-state index contributed by atoms with van der Waals surface area (Å²) in [6.07, 6.45) is 12.7. The van der Waals surface area contributed by atoms with Crippen LogP contribution >= 0.6 is 11.3 Å². The maximum Gasteiger partial charge on any atom is 0.148 e. The molecule has 0 spiro atoms. The van der Waals surface area contributed by atoms with E-state index in [-0.39, 0.29) is 0 Å². The molecule has 5 heteroatoms. The highest BCUT2D eigenvalue weighted by atomic mass is 32.1. The Morgan fingerprint density at radius 1 is 0.545 bits per heavy atom. The number of benzene rings is 2. The Morgan fingerprint density at radius 3 is 1.45 bits per heavy atom. The van der Waals surface area contributed by atoms with Gasteiger partial charge in [-0.2, -0.15) is 0 Å². The maximum absolute atomic E-state index is 5.92. The molecule has 0 amide bonds. The van der Waals surface area contributed by atoms with Crippen LogP contribution in [0.3, 0.4) is 0 Å². The first-order valence-electron chi connectivity index (χ1n) is 12.6. The first-order chi connectivity index (χ1) is 16.3. The fraction of sp³-hybridized carbons (Fsp3) is 0.500. The molecular formula is C28H38N2O2S. The Balaban J connectivity index is 1.42. The molecule has 178 valence electrons. The van der Waals surface area contributed by atoms with E-state index in [4.69, 9.17) is 9.47 Å². The molecule has 0 unspecified atom stereocenters. The van der Waals surface area contributed by atoms with E-state index < -0.39 is 0 Å². The average molecular weight is 467 g/mol. The molecular weight excluding hydrogens is 428 g/mol. The van der Waals surface area contributed by atoms with Gasteiger partial charge in [-0.1, -0.05) is 76.6 Å². The largest absolute Gasteiger partial charge is 0.494 e. The van der Waals surface area contributed by atoms with Crippen molar-refractivity contribution in [3.63, 3.8) is 0 Å². The van der Waals surface area contributed by atoms with Crippen molar-refractivity contribution in [1.29, 1.82) is 0 Å². The van der Waals surface area contributed by atoms with Crippen LogP contribution in [0.5, 0.6) is 11.5 Å². The third kappa shape index (κ3) is 8.81. The maximum atomic E-state index is 5.92. The number of ether oxygens (including phenoxy) is 2. The number of rotatable bonds is 16. The highest BCUT2D eigenvalue weighted by Gasteiger charge is 2.09. The van der Waals surface area contributed by atoms with E-state index in [1.54, 1.807) is 11.3 Å². The molecule has 0 radical (unpaired) electrons. The molecule has 3 aromatic rings. The molecule has 1 aromatic heterocycles. The zero-order valence-corrected chi connectivity index (χ0v) is 21.0. The predicted octanol–water partition coefficient (Wildman–Crippen LogP) is 8.57. The molecule has 0 bridgehead atoms. The molecule has 0 aliphatic carbocycles. The van der Waals surface area contributed by atoms with Gasteiger partial charge in [-0.3, -0.25) is 0 Å². The van der Waals surface area contributed by atoms with Gasteiger partial charge >= 0.3 is 0 Å². The minimum absolute atomic E-state index is 0.762. The van der Waals surface area contributed by atoms with Crippen LogP contribution in [0.25, 0.3) is 21.1 Å². The topological polar surface area (TPSA) is 44.2 Å². The second-order valence-electron chi connectivity index (χ2n) is 8.49. The molecule has 0 saturated carbocycles. The van der Waals surface area contributed by atoms with E-state index in [1.165, 1.54) is 44.9 Å². The Labute approximate surface area is 203 Å². The third-order valence-corrected chi connectivity index (χ3v) is 6.68. The Hall–Kier alpha value is -2.40. The van der Waals surface area contributed by atoms with Crippen LogP contribution in [-0.4, -0.2) is 23.4 Å². The number of nitrogens with zero attached hydrogens (tertiary/aromatic N) is 2. The first kappa shape index (κ1) is 25.2. The summed E-state index contributed by atoms with van der Waals surface area (Å²) in [6.45, 7) is 5.98. The van der Waals surface area contributed by atoms with Crippen molar-refractivity contribution in [3.8, 4) is 32.6 Å². The van der Waals surface area contributed by atoms with Gasteiger partial charge < -0.3 is 9.47 Å². The van der Waals surface area contributed by atoms with E-state index >= 15 is 0 Å². The highest BCUT2D eigenvalue weighted by molar-refractivity contribution is 7.17. The van der Waals surface area contributed by atoms with E-state index in [0.29, 0.717) is 0 Å². The van der Waals surface area contributed by atoms with Gasteiger partial charge in [0.15, 0.2) is 0 Å². The molecule has 2 aromatic carbocycles. The zero-order valence-electron chi connectivity index (χ0n) is 20.2. The molecule has 0 N–H and O–H groups in total. The molecule has 33 heavy (non-hydrogen) atoms. The first-order valence-corrected chi connectivity index (χ1v) is 13.4. The lowest BCUT2D eigenvalue weighted by Crippen LogP contribution is -1.97. The summed E-state index contributed by atoms with van der Waals surface area (Å²) >= 11 is 1.60. The molecule has 3 rings (SSSR count). The van der Waals surface area contributed by atoms with Crippen LogP contribution in [0.4, 0.5) is 0 Å². The Morgan fingerprint density at radius 2 is 0.970 bits per heavy atom. The SMILES string of the molecule is CCCCCCCCCCOc1ccc(-c2nnc(-c3ccc(OCCCC)cc3)s2)cc1. The summed E-state index contributed by atoms with van der Waals surface area (Å²) in [5.74, 6) is 1.82. The molecule has 0 fully saturated rings. The van der Waals surface area contributed by atoms with Crippen molar-refractivity contribution < 1.29 is 9.47 Å². The Bertz CT molecular complexity index is 906. The normalized spacial score (nSPS) is 11.0. The van der Waals surface area contributed by atoms with Gasteiger partial charge in [0, 0.05) is 11.1 Å². The van der Waals surface area contributed by atoms with E-state index in [0.717, 1.165) is 65.1 Å².